The molecule has 7 heteroatoms. The van der Waals surface area contributed by atoms with Crippen LogP contribution in [-0.4, -0.2) is 28.8 Å². The van der Waals surface area contributed by atoms with E-state index < -0.39 is 5.69 Å². The first-order valence-corrected chi connectivity index (χ1v) is 10.0. The lowest BCUT2D eigenvalue weighted by molar-refractivity contribution is -0.116. The minimum absolute atomic E-state index is 0.185. The molecule has 3 aromatic rings. The fourth-order valence-corrected chi connectivity index (χ4v) is 3.41. The Morgan fingerprint density at radius 3 is 2.57 bits per heavy atom. The summed E-state index contributed by atoms with van der Waals surface area (Å²) >= 11 is 0. The molecule has 2 aromatic carbocycles. The standard InChI is InChI=1S/C23H27N3O4/c1-16(2)17-8-6-9-18(14-17)24-21(27)15-26-20-11-5-4-10-19(20)22(28)25(23(26)29)12-7-13-30-3/h4-6,8-11,14,16H,7,12-13,15H2,1-3H3,(H,24,27). The van der Waals surface area contributed by atoms with E-state index in [4.69, 9.17) is 4.74 Å². The van der Waals surface area contributed by atoms with Crippen molar-refractivity contribution in [2.75, 3.05) is 19.0 Å². The molecule has 0 fully saturated rings. The number of benzene rings is 2. The molecular formula is C23H27N3O4. The normalized spacial score (nSPS) is 11.2. The van der Waals surface area contributed by atoms with Gasteiger partial charge in [0.2, 0.25) is 5.91 Å². The first-order valence-electron chi connectivity index (χ1n) is 10.0. The van der Waals surface area contributed by atoms with Gasteiger partial charge in [-0.15, -0.1) is 0 Å². The number of carbonyl (C=O) groups is 1. The van der Waals surface area contributed by atoms with E-state index in [1.807, 2.05) is 24.3 Å². The molecule has 0 bridgehead atoms. The second-order valence-electron chi connectivity index (χ2n) is 7.52. The number of nitrogens with zero attached hydrogens (tertiary/aromatic N) is 2. The quantitative estimate of drug-likeness (QED) is 0.580. The van der Waals surface area contributed by atoms with Crippen molar-refractivity contribution >= 4 is 22.5 Å². The largest absolute Gasteiger partial charge is 0.385 e. The third-order valence-electron chi connectivity index (χ3n) is 5.00. The average molecular weight is 409 g/mol. The number of methoxy groups -OCH3 is 1. The van der Waals surface area contributed by atoms with Crippen LogP contribution in [0.3, 0.4) is 0 Å². The minimum Gasteiger partial charge on any atom is -0.385 e. The van der Waals surface area contributed by atoms with E-state index in [1.54, 1.807) is 31.4 Å². The first kappa shape index (κ1) is 21.5. The van der Waals surface area contributed by atoms with E-state index in [9.17, 15) is 14.4 Å². The molecule has 0 atom stereocenters. The molecule has 0 unspecified atom stereocenters. The maximum atomic E-state index is 13.0. The van der Waals surface area contributed by atoms with Gasteiger partial charge < -0.3 is 10.1 Å². The monoisotopic (exact) mass is 409 g/mol. The molecule has 0 aliphatic rings. The van der Waals surface area contributed by atoms with Crippen LogP contribution in [0.2, 0.25) is 0 Å². The van der Waals surface area contributed by atoms with Crippen molar-refractivity contribution in [3.8, 4) is 0 Å². The zero-order valence-corrected chi connectivity index (χ0v) is 17.6. The highest BCUT2D eigenvalue weighted by Crippen LogP contribution is 2.18. The van der Waals surface area contributed by atoms with Gasteiger partial charge in [-0.25, -0.2) is 4.79 Å². The number of nitrogens with one attached hydrogen (secondary N) is 1. The number of amides is 1. The maximum Gasteiger partial charge on any atom is 0.331 e. The SMILES string of the molecule is COCCCn1c(=O)c2ccccc2n(CC(=O)Nc2cccc(C(C)C)c2)c1=O. The summed E-state index contributed by atoms with van der Waals surface area (Å²) in [7, 11) is 1.57. The van der Waals surface area contributed by atoms with E-state index in [2.05, 4.69) is 19.2 Å². The molecule has 3 rings (SSSR count). The van der Waals surface area contributed by atoms with E-state index in [0.717, 1.165) is 5.56 Å². The van der Waals surface area contributed by atoms with Gasteiger partial charge in [0.15, 0.2) is 0 Å². The van der Waals surface area contributed by atoms with Gasteiger partial charge in [-0.3, -0.25) is 18.7 Å². The lowest BCUT2D eigenvalue weighted by Gasteiger charge is -2.14. The Labute approximate surface area is 174 Å². The predicted molar refractivity (Wildman–Crippen MR) is 118 cm³/mol. The number of carbonyl (C=O) groups excluding carboxylic acids is 1. The molecule has 158 valence electrons. The molecule has 30 heavy (non-hydrogen) atoms. The molecular weight excluding hydrogens is 382 g/mol. The van der Waals surface area contributed by atoms with Crippen molar-refractivity contribution in [1.29, 1.82) is 0 Å². The zero-order chi connectivity index (χ0) is 21.7. The Bertz CT molecular complexity index is 1160. The molecule has 0 saturated carbocycles. The highest BCUT2D eigenvalue weighted by atomic mass is 16.5. The fraction of sp³-hybridized carbons (Fsp3) is 0.348. The van der Waals surface area contributed by atoms with Crippen molar-refractivity contribution in [2.24, 2.45) is 0 Å². The van der Waals surface area contributed by atoms with Crippen LogP contribution >= 0.6 is 0 Å². The highest BCUT2D eigenvalue weighted by molar-refractivity contribution is 5.91. The summed E-state index contributed by atoms with van der Waals surface area (Å²) < 4.78 is 7.56. The van der Waals surface area contributed by atoms with Crippen LogP contribution in [0.5, 0.6) is 0 Å². The number of rotatable bonds is 8. The lowest BCUT2D eigenvalue weighted by Crippen LogP contribution is -2.42. The number of para-hydroxylation sites is 1. The van der Waals surface area contributed by atoms with Gasteiger partial charge in [-0.2, -0.15) is 0 Å². The van der Waals surface area contributed by atoms with Gasteiger partial charge in [0.1, 0.15) is 6.54 Å². The Kier molecular flexibility index (Phi) is 6.84. The van der Waals surface area contributed by atoms with E-state index in [0.29, 0.717) is 35.5 Å². The average Bonchev–Trinajstić information content (AvgIpc) is 2.74. The predicted octanol–water partition coefficient (Wildman–Crippen LogP) is 2.96. The van der Waals surface area contributed by atoms with Crippen molar-refractivity contribution in [3.05, 3.63) is 74.9 Å². The molecule has 1 heterocycles. The first-order chi connectivity index (χ1) is 14.4. The van der Waals surface area contributed by atoms with Gasteiger partial charge in [-0.05, 0) is 42.2 Å². The fourth-order valence-electron chi connectivity index (χ4n) is 3.41. The van der Waals surface area contributed by atoms with Gasteiger partial charge in [0.25, 0.3) is 5.56 Å². The number of hydrogen-bond donors (Lipinski definition) is 1. The Morgan fingerprint density at radius 2 is 1.83 bits per heavy atom. The van der Waals surface area contributed by atoms with E-state index >= 15 is 0 Å². The van der Waals surface area contributed by atoms with Crippen molar-refractivity contribution in [1.82, 2.24) is 9.13 Å². The number of ether oxygens (including phenoxy) is 1. The molecule has 0 spiro atoms. The zero-order valence-electron chi connectivity index (χ0n) is 17.6. The van der Waals surface area contributed by atoms with Crippen molar-refractivity contribution < 1.29 is 9.53 Å². The van der Waals surface area contributed by atoms with Crippen LogP contribution in [0.25, 0.3) is 10.9 Å². The summed E-state index contributed by atoms with van der Waals surface area (Å²) in [6, 6.07) is 14.5. The summed E-state index contributed by atoms with van der Waals surface area (Å²) in [4.78, 5) is 38.6. The number of fused-ring (bicyclic) bond motifs is 1. The molecule has 0 saturated heterocycles. The molecule has 1 amide bonds. The van der Waals surface area contributed by atoms with E-state index in [1.165, 1.54) is 9.13 Å². The molecule has 1 N–H and O–H groups in total. The highest BCUT2D eigenvalue weighted by Gasteiger charge is 2.15. The summed E-state index contributed by atoms with van der Waals surface area (Å²) in [6.45, 7) is 4.65. The van der Waals surface area contributed by atoms with Crippen LogP contribution in [0.4, 0.5) is 5.69 Å². The van der Waals surface area contributed by atoms with Crippen LogP contribution in [0.1, 0.15) is 31.7 Å². The Morgan fingerprint density at radius 1 is 1.07 bits per heavy atom. The number of anilines is 1. The molecule has 0 radical (unpaired) electrons. The lowest BCUT2D eigenvalue weighted by atomic mass is 10.0. The van der Waals surface area contributed by atoms with E-state index in [-0.39, 0.29) is 24.6 Å². The minimum atomic E-state index is -0.499. The summed E-state index contributed by atoms with van der Waals surface area (Å²) in [5, 5.41) is 3.26. The maximum absolute atomic E-state index is 13.0. The van der Waals surface area contributed by atoms with Crippen LogP contribution < -0.4 is 16.6 Å². The number of aromatic nitrogens is 2. The van der Waals surface area contributed by atoms with Gasteiger partial charge in [0.05, 0.1) is 10.9 Å². The van der Waals surface area contributed by atoms with Crippen LogP contribution in [0, 0.1) is 0 Å². The Balaban J connectivity index is 1.94. The second kappa shape index (κ2) is 9.54. The third-order valence-corrected chi connectivity index (χ3v) is 5.00. The van der Waals surface area contributed by atoms with Gasteiger partial charge >= 0.3 is 5.69 Å². The summed E-state index contributed by atoms with van der Waals surface area (Å²) in [6.07, 6.45) is 0.526. The van der Waals surface area contributed by atoms with Crippen molar-refractivity contribution in [2.45, 2.75) is 39.3 Å². The molecule has 1 aromatic heterocycles. The topological polar surface area (TPSA) is 82.3 Å². The molecule has 0 aliphatic heterocycles. The van der Waals surface area contributed by atoms with Crippen molar-refractivity contribution in [3.63, 3.8) is 0 Å². The second-order valence-corrected chi connectivity index (χ2v) is 7.52. The smallest absolute Gasteiger partial charge is 0.331 e. The molecule has 7 nitrogen and oxygen atoms in total. The summed E-state index contributed by atoms with van der Waals surface area (Å²) in [5.41, 5.74) is 1.38. The Hall–Kier alpha value is -3.19. The van der Waals surface area contributed by atoms with Crippen LogP contribution in [0.15, 0.2) is 58.1 Å². The summed E-state index contributed by atoms with van der Waals surface area (Å²) in [5.74, 6) is 0.00863. The molecule has 0 aliphatic carbocycles. The third kappa shape index (κ3) is 4.68. The van der Waals surface area contributed by atoms with Gasteiger partial charge in [0, 0.05) is 25.9 Å². The number of hydrogen-bond acceptors (Lipinski definition) is 4. The van der Waals surface area contributed by atoms with Crippen LogP contribution in [-0.2, 0) is 22.6 Å². The van der Waals surface area contributed by atoms with Gasteiger partial charge in [-0.1, -0.05) is 38.1 Å².